The van der Waals surface area contributed by atoms with Gasteiger partial charge in [-0.2, -0.15) is 5.10 Å². The highest BCUT2D eigenvalue weighted by Gasteiger charge is 2.12. The molecule has 3 nitrogen and oxygen atoms in total. The quantitative estimate of drug-likeness (QED) is 0.366. The van der Waals surface area contributed by atoms with Crippen LogP contribution in [0.15, 0.2) is 84.0 Å². The Bertz CT molecular complexity index is 1080. The van der Waals surface area contributed by atoms with Crippen LogP contribution in [-0.2, 0) is 6.54 Å². The lowest BCUT2D eigenvalue weighted by atomic mass is 10.1. The predicted molar refractivity (Wildman–Crippen MR) is 110 cm³/mol. The van der Waals surface area contributed by atoms with Crippen LogP contribution in [0.3, 0.4) is 0 Å². The molecule has 4 aromatic rings. The summed E-state index contributed by atoms with van der Waals surface area (Å²) in [5, 5.41) is 5.57. The molecule has 0 atom stereocenters. The maximum absolute atomic E-state index is 13.2. The first kappa shape index (κ1) is 17.0. The number of hydrogen-bond donors (Lipinski definition) is 1. The summed E-state index contributed by atoms with van der Waals surface area (Å²) in [4.78, 5) is 0. The van der Waals surface area contributed by atoms with Gasteiger partial charge in [0.1, 0.15) is 5.82 Å². The summed E-state index contributed by atoms with van der Waals surface area (Å²) in [7, 11) is 0. The number of rotatable bonds is 5. The van der Waals surface area contributed by atoms with E-state index in [-0.39, 0.29) is 5.82 Å². The van der Waals surface area contributed by atoms with Gasteiger partial charge in [0.2, 0.25) is 0 Å². The SMILES string of the molecule is Cc1c(/C=N\Nc2ccccc2)c2ccccc2n1Cc1ccc(F)cc1. The van der Waals surface area contributed by atoms with Gasteiger partial charge in [0, 0.05) is 28.7 Å². The molecular weight excluding hydrogens is 337 g/mol. The van der Waals surface area contributed by atoms with Gasteiger partial charge in [0.15, 0.2) is 0 Å². The standard InChI is InChI=1S/C23H20FN3/c1-17-22(15-25-26-20-7-3-2-4-8-20)21-9-5-6-10-23(21)27(17)16-18-11-13-19(24)14-12-18/h2-15,26H,16H2,1H3/b25-15-. The number of anilines is 1. The number of nitrogens with zero attached hydrogens (tertiary/aromatic N) is 2. The van der Waals surface area contributed by atoms with E-state index >= 15 is 0 Å². The molecule has 27 heavy (non-hydrogen) atoms. The van der Waals surface area contributed by atoms with Gasteiger partial charge in [-0.05, 0) is 42.8 Å². The molecule has 0 amide bonds. The molecule has 0 aliphatic carbocycles. The van der Waals surface area contributed by atoms with Crippen LogP contribution in [0.1, 0.15) is 16.8 Å². The van der Waals surface area contributed by atoms with E-state index in [0.29, 0.717) is 6.54 Å². The van der Waals surface area contributed by atoms with Crippen LogP contribution in [0.25, 0.3) is 10.9 Å². The number of halogens is 1. The predicted octanol–water partition coefficient (Wildman–Crippen LogP) is 5.58. The molecule has 0 aliphatic rings. The Hall–Kier alpha value is -3.40. The van der Waals surface area contributed by atoms with E-state index in [2.05, 4.69) is 34.2 Å². The topological polar surface area (TPSA) is 29.3 Å². The summed E-state index contributed by atoms with van der Waals surface area (Å²) in [5.41, 5.74) is 8.42. The van der Waals surface area contributed by atoms with Crippen molar-refractivity contribution < 1.29 is 4.39 Å². The maximum atomic E-state index is 13.2. The molecule has 1 aromatic heterocycles. The van der Waals surface area contributed by atoms with Crippen molar-refractivity contribution in [1.29, 1.82) is 0 Å². The minimum Gasteiger partial charge on any atom is -0.340 e. The second-order valence-corrected chi connectivity index (χ2v) is 6.46. The molecule has 0 spiro atoms. The zero-order chi connectivity index (χ0) is 18.6. The average molecular weight is 357 g/mol. The van der Waals surface area contributed by atoms with Crippen LogP contribution in [0.2, 0.25) is 0 Å². The van der Waals surface area contributed by atoms with E-state index in [1.165, 1.54) is 12.1 Å². The Balaban J connectivity index is 1.68. The first-order valence-corrected chi connectivity index (χ1v) is 8.89. The minimum atomic E-state index is -0.215. The fraction of sp³-hybridized carbons (Fsp3) is 0.0870. The van der Waals surface area contributed by atoms with Crippen molar-refractivity contribution in [3.05, 3.63) is 102 Å². The molecule has 4 rings (SSSR count). The lowest BCUT2D eigenvalue weighted by Gasteiger charge is -2.08. The lowest BCUT2D eigenvalue weighted by Crippen LogP contribution is -2.02. The molecule has 0 saturated heterocycles. The van der Waals surface area contributed by atoms with Gasteiger partial charge in [-0.1, -0.05) is 48.5 Å². The van der Waals surface area contributed by atoms with Gasteiger partial charge in [0.05, 0.1) is 11.9 Å². The average Bonchev–Trinajstić information content (AvgIpc) is 2.96. The number of hydrogen-bond acceptors (Lipinski definition) is 2. The molecule has 0 bridgehead atoms. The van der Waals surface area contributed by atoms with Crippen LogP contribution in [-0.4, -0.2) is 10.8 Å². The van der Waals surface area contributed by atoms with Gasteiger partial charge >= 0.3 is 0 Å². The van der Waals surface area contributed by atoms with E-state index in [1.807, 2.05) is 60.8 Å². The first-order valence-electron chi connectivity index (χ1n) is 8.89. The first-order chi connectivity index (χ1) is 13.2. The monoisotopic (exact) mass is 357 g/mol. The maximum Gasteiger partial charge on any atom is 0.123 e. The van der Waals surface area contributed by atoms with E-state index in [0.717, 1.165) is 33.4 Å². The molecular formula is C23H20FN3. The fourth-order valence-electron chi connectivity index (χ4n) is 3.28. The summed E-state index contributed by atoms with van der Waals surface area (Å²) in [6.07, 6.45) is 1.87. The molecule has 4 heteroatoms. The molecule has 0 fully saturated rings. The van der Waals surface area contributed by atoms with Gasteiger partial charge < -0.3 is 4.57 Å². The minimum absolute atomic E-state index is 0.215. The highest BCUT2D eigenvalue weighted by molar-refractivity contribution is 6.01. The van der Waals surface area contributed by atoms with Crippen LogP contribution in [0.4, 0.5) is 10.1 Å². The van der Waals surface area contributed by atoms with Crippen molar-refractivity contribution >= 4 is 22.8 Å². The molecule has 0 unspecified atom stereocenters. The van der Waals surface area contributed by atoms with Crippen molar-refractivity contribution in [3.63, 3.8) is 0 Å². The molecule has 0 saturated carbocycles. The highest BCUT2D eigenvalue weighted by Crippen LogP contribution is 2.25. The summed E-state index contributed by atoms with van der Waals surface area (Å²) >= 11 is 0. The molecule has 0 aliphatic heterocycles. The second-order valence-electron chi connectivity index (χ2n) is 6.46. The Morgan fingerprint density at radius 1 is 0.926 bits per heavy atom. The number of aromatic nitrogens is 1. The van der Waals surface area contributed by atoms with Gasteiger partial charge in [-0.25, -0.2) is 4.39 Å². The van der Waals surface area contributed by atoms with Crippen LogP contribution >= 0.6 is 0 Å². The lowest BCUT2D eigenvalue weighted by molar-refractivity contribution is 0.626. The van der Waals surface area contributed by atoms with E-state index in [9.17, 15) is 4.39 Å². The zero-order valence-electron chi connectivity index (χ0n) is 15.1. The number of benzene rings is 3. The summed E-state index contributed by atoms with van der Waals surface area (Å²) in [6, 6.07) is 24.8. The number of para-hydroxylation sites is 2. The summed E-state index contributed by atoms with van der Waals surface area (Å²) < 4.78 is 15.5. The van der Waals surface area contributed by atoms with Crippen LogP contribution in [0.5, 0.6) is 0 Å². The summed E-state index contributed by atoms with van der Waals surface area (Å²) in [5.74, 6) is -0.215. The van der Waals surface area contributed by atoms with Crippen molar-refractivity contribution in [2.24, 2.45) is 5.10 Å². The normalized spacial score (nSPS) is 11.3. The second kappa shape index (κ2) is 7.46. The third-order valence-electron chi connectivity index (χ3n) is 4.69. The smallest absolute Gasteiger partial charge is 0.123 e. The summed E-state index contributed by atoms with van der Waals surface area (Å²) in [6.45, 7) is 2.78. The van der Waals surface area contributed by atoms with E-state index < -0.39 is 0 Å². The Morgan fingerprint density at radius 3 is 2.41 bits per heavy atom. The van der Waals surface area contributed by atoms with E-state index in [4.69, 9.17) is 0 Å². The third-order valence-corrected chi connectivity index (χ3v) is 4.69. The Labute approximate surface area is 157 Å². The number of fused-ring (bicyclic) bond motifs is 1. The van der Waals surface area contributed by atoms with Crippen molar-refractivity contribution in [2.45, 2.75) is 13.5 Å². The molecule has 134 valence electrons. The molecule has 1 heterocycles. The number of hydrazone groups is 1. The Morgan fingerprint density at radius 2 is 1.63 bits per heavy atom. The fourth-order valence-corrected chi connectivity index (χ4v) is 3.28. The van der Waals surface area contributed by atoms with Gasteiger partial charge in [0.25, 0.3) is 0 Å². The van der Waals surface area contributed by atoms with Crippen LogP contribution in [0, 0.1) is 12.7 Å². The molecule has 1 N–H and O–H groups in total. The Kier molecular flexibility index (Phi) is 4.71. The van der Waals surface area contributed by atoms with Crippen molar-refractivity contribution in [1.82, 2.24) is 4.57 Å². The molecule has 3 aromatic carbocycles. The van der Waals surface area contributed by atoms with Crippen LogP contribution < -0.4 is 5.43 Å². The molecule has 0 radical (unpaired) electrons. The van der Waals surface area contributed by atoms with Crippen molar-refractivity contribution in [3.8, 4) is 0 Å². The number of nitrogens with one attached hydrogen (secondary N) is 1. The third kappa shape index (κ3) is 3.60. The highest BCUT2D eigenvalue weighted by atomic mass is 19.1. The van der Waals surface area contributed by atoms with Gasteiger partial charge in [-0.15, -0.1) is 0 Å². The van der Waals surface area contributed by atoms with Gasteiger partial charge in [-0.3, -0.25) is 5.43 Å². The zero-order valence-corrected chi connectivity index (χ0v) is 15.1. The van der Waals surface area contributed by atoms with E-state index in [1.54, 1.807) is 0 Å². The van der Waals surface area contributed by atoms with Crippen molar-refractivity contribution in [2.75, 3.05) is 5.43 Å². The largest absolute Gasteiger partial charge is 0.340 e.